The highest BCUT2D eigenvalue weighted by Crippen LogP contribution is 2.32. The van der Waals surface area contributed by atoms with Crippen molar-refractivity contribution in [1.29, 1.82) is 0 Å². The minimum Gasteiger partial charge on any atom is -0.490 e. The zero-order chi connectivity index (χ0) is 27.3. The van der Waals surface area contributed by atoms with Crippen molar-refractivity contribution < 1.29 is 24.3 Å². The Labute approximate surface area is 218 Å². The lowest BCUT2D eigenvalue weighted by atomic mass is 9.97. The molecule has 9 heteroatoms. The number of rotatable bonds is 12. The molecule has 0 bridgehead atoms. The molecule has 1 amide bonds. The van der Waals surface area contributed by atoms with E-state index in [1.165, 1.54) is 11.1 Å². The molecule has 0 saturated heterocycles. The summed E-state index contributed by atoms with van der Waals surface area (Å²) >= 11 is 0. The maximum atomic E-state index is 11.0. The molecular weight excluding hydrogens is 472 g/mol. The van der Waals surface area contributed by atoms with Gasteiger partial charge in [0.2, 0.25) is 11.7 Å². The van der Waals surface area contributed by atoms with E-state index in [4.69, 9.17) is 20.0 Å². The van der Waals surface area contributed by atoms with E-state index in [-0.39, 0.29) is 13.0 Å². The van der Waals surface area contributed by atoms with Crippen LogP contribution in [0.25, 0.3) is 22.8 Å². The number of aliphatic hydroxyl groups is 2. The number of primary amides is 1. The van der Waals surface area contributed by atoms with E-state index in [0.29, 0.717) is 29.8 Å². The van der Waals surface area contributed by atoms with Crippen LogP contribution >= 0.6 is 0 Å². The number of carbonyl (C=O) groups excluding carboxylic acids is 1. The summed E-state index contributed by atoms with van der Waals surface area (Å²) in [6.45, 7) is 8.97. The van der Waals surface area contributed by atoms with Crippen LogP contribution in [0.5, 0.6) is 5.75 Å². The Morgan fingerprint density at radius 3 is 2.49 bits per heavy atom. The van der Waals surface area contributed by atoms with E-state index in [2.05, 4.69) is 42.1 Å². The van der Waals surface area contributed by atoms with Gasteiger partial charge in [0.1, 0.15) is 18.5 Å². The van der Waals surface area contributed by atoms with Crippen LogP contribution < -0.4 is 10.5 Å². The number of aryl methyl sites for hydroxylation is 2. The van der Waals surface area contributed by atoms with Crippen LogP contribution in [0.3, 0.4) is 0 Å². The van der Waals surface area contributed by atoms with Gasteiger partial charge in [-0.05, 0) is 79.9 Å². The fourth-order valence-corrected chi connectivity index (χ4v) is 4.16. The second-order valence-corrected chi connectivity index (χ2v) is 10.0. The molecule has 3 aromatic rings. The molecule has 9 nitrogen and oxygen atoms in total. The van der Waals surface area contributed by atoms with Crippen molar-refractivity contribution in [3.63, 3.8) is 0 Å². The summed E-state index contributed by atoms with van der Waals surface area (Å²) in [6, 6.07) is 10.3. The molecule has 1 heterocycles. The predicted molar refractivity (Wildman–Crippen MR) is 142 cm³/mol. The Hall–Kier alpha value is -3.27. The van der Waals surface area contributed by atoms with Gasteiger partial charge in [-0.15, -0.1) is 0 Å². The molecule has 0 aliphatic heterocycles. The molecule has 3 rings (SSSR count). The van der Waals surface area contributed by atoms with Crippen LogP contribution in [0, 0.1) is 6.92 Å². The van der Waals surface area contributed by atoms with E-state index in [0.717, 1.165) is 28.8 Å². The molecule has 1 aromatic heterocycles. The number of aliphatic hydroxyl groups excluding tert-OH is 2. The number of hydrogen-bond donors (Lipinski definition) is 3. The molecule has 1 unspecified atom stereocenters. The quantitative estimate of drug-likeness (QED) is 0.337. The standard InChI is InChI=1S/C28H38N4O5/c1-7-19-11-21(8-17(4)25(19)36-15-23(33)13-24(34)26(29)35)27-30-28(37-31-27)22-10-18(14-32(5)6)9-20(12-22)16(2)3/h8-12,16,23-24,33-34H,7,13-15H2,1-6H3,(H2,29,35)/t23-,24?/m0/s1. The molecular formula is C28H38N4O5. The monoisotopic (exact) mass is 510 g/mol. The van der Waals surface area contributed by atoms with Crippen molar-refractivity contribution in [2.75, 3.05) is 20.7 Å². The molecule has 0 aliphatic rings. The van der Waals surface area contributed by atoms with Gasteiger partial charge in [-0.25, -0.2) is 0 Å². The van der Waals surface area contributed by atoms with Gasteiger partial charge in [0.25, 0.3) is 5.89 Å². The first-order valence-electron chi connectivity index (χ1n) is 12.5. The van der Waals surface area contributed by atoms with E-state index in [1.54, 1.807) is 0 Å². The number of ether oxygens (including phenoxy) is 1. The molecule has 4 N–H and O–H groups in total. The van der Waals surface area contributed by atoms with Crippen molar-refractivity contribution in [3.05, 3.63) is 52.6 Å². The zero-order valence-electron chi connectivity index (χ0n) is 22.5. The highest BCUT2D eigenvalue weighted by Gasteiger charge is 2.20. The molecule has 0 aliphatic carbocycles. The van der Waals surface area contributed by atoms with Gasteiger partial charge >= 0.3 is 0 Å². The topological polar surface area (TPSA) is 135 Å². The van der Waals surface area contributed by atoms with Crippen molar-refractivity contribution in [1.82, 2.24) is 15.0 Å². The number of hydrogen-bond acceptors (Lipinski definition) is 8. The first kappa shape index (κ1) is 28.3. The van der Waals surface area contributed by atoms with Crippen molar-refractivity contribution in [2.24, 2.45) is 5.73 Å². The third kappa shape index (κ3) is 7.38. The number of benzene rings is 2. The Morgan fingerprint density at radius 2 is 1.86 bits per heavy atom. The molecule has 2 aromatic carbocycles. The number of aromatic nitrogens is 2. The predicted octanol–water partition coefficient (Wildman–Crippen LogP) is 3.44. The van der Waals surface area contributed by atoms with Crippen molar-refractivity contribution >= 4 is 5.91 Å². The SMILES string of the molecule is CCc1cc(-c2noc(-c3cc(CN(C)C)cc(C(C)C)c3)n2)cc(C)c1OC[C@@H](O)CC(O)C(N)=O. The normalized spacial score (nSPS) is 13.2. The maximum absolute atomic E-state index is 11.0. The Balaban J connectivity index is 1.85. The number of nitrogens with two attached hydrogens (primary N) is 1. The Kier molecular flexibility index (Phi) is 9.42. The summed E-state index contributed by atoms with van der Waals surface area (Å²) in [7, 11) is 4.08. The zero-order valence-corrected chi connectivity index (χ0v) is 22.5. The maximum Gasteiger partial charge on any atom is 0.258 e. The van der Waals surface area contributed by atoms with Gasteiger partial charge in [0.05, 0.1) is 6.10 Å². The number of carbonyl (C=O) groups is 1. The smallest absolute Gasteiger partial charge is 0.258 e. The summed E-state index contributed by atoms with van der Waals surface area (Å²) in [4.78, 5) is 17.9. The average Bonchev–Trinajstić information content (AvgIpc) is 3.32. The lowest BCUT2D eigenvalue weighted by molar-refractivity contribution is -0.127. The van der Waals surface area contributed by atoms with Gasteiger partial charge < -0.3 is 30.1 Å². The minimum absolute atomic E-state index is 0.0780. The van der Waals surface area contributed by atoms with E-state index >= 15 is 0 Å². The second-order valence-electron chi connectivity index (χ2n) is 10.0. The third-order valence-electron chi connectivity index (χ3n) is 6.09. The Bertz CT molecular complexity index is 1220. The van der Waals surface area contributed by atoms with E-state index < -0.39 is 18.1 Å². The molecule has 2 atom stereocenters. The van der Waals surface area contributed by atoms with Crippen LogP contribution in [0.2, 0.25) is 0 Å². The highest BCUT2D eigenvalue weighted by molar-refractivity contribution is 5.78. The van der Waals surface area contributed by atoms with Gasteiger partial charge in [-0.1, -0.05) is 32.0 Å². The van der Waals surface area contributed by atoms with Crippen LogP contribution in [0.15, 0.2) is 34.9 Å². The van der Waals surface area contributed by atoms with Gasteiger partial charge in [-0.3, -0.25) is 4.79 Å². The first-order chi connectivity index (χ1) is 17.5. The average molecular weight is 511 g/mol. The first-order valence-corrected chi connectivity index (χ1v) is 12.5. The molecule has 37 heavy (non-hydrogen) atoms. The van der Waals surface area contributed by atoms with Crippen LogP contribution in [0.1, 0.15) is 55.4 Å². The third-order valence-corrected chi connectivity index (χ3v) is 6.09. The summed E-state index contributed by atoms with van der Waals surface area (Å²) < 4.78 is 11.5. The molecule has 200 valence electrons. The fraction of sp³-hybridized carbons (Fsp3) is 0.464. The summed E-state index contributed by atoms with van der Waals surface area (Å²) in [5.74, 6) is 1.07. The highest BCUT2D eigenvalue weighted by atomic mass is 16.5. The van der Waals surface area contributed by atoms with Gasteiger partial charge in [0.15, 0.2) is 0 Å². The minimum atomic E-state index is -1.42. The molecule has 0 fully saturated rings. The largest absolute Gasteiger partial charge is 0.490 e. The van der Waals surface area contributed by atoms with Crippen LogP contribution in [-0.4, -0.2) is 64.1 Å². The molecule has 0 saturated carbocycles. The fourth-order valence-electron chi connectivity index (χ4n) is 4.16. The Morgan fingerprint density at radius 1 is 1.14 bits per heavy atom. The van der Waals surface area contributed by atoms with Gasteiger partial charge in [-0.2, -0.15) is 4.98 Å². The van der Waals surface area contributed by atoms with Crippen molar-refractivity contribution in [2.45, 2.75) is 65.2 Å². The molecule has 0 spiro atoms. The lowest BCUT2D eigenvalue weighted by Gasteiger charge is -2.18. The summed E-state index contributed by atoms with van der Waals surface area (Å²) in [5.41, 5.74) is 10.9. The number of nitrogens with zero attached hydrogens (tertiary/aromatic N) is 3. The van der Waals surface area contributed by atoms with Gasteiger partial charge in [0, 0.05) is 24.1 Å². The van der Waals surface area contributed by atoms with E-state index in [9.17, 15) is 15.0 Å². The molecule has 0 radical (unpaired) electrons. The summed E-state index contributed by atoms with van der Waals surface area (Å²) in [6.07, 6.45) is -1.96. The van der Waals surface area contributed by atoms with E-state index in [1.807, 2.05) is 40.1 Å². The van der Waals surface area contributed by atoms with Crippen LogP contribution in [0.4, 0.5) is 0 Å². The summed E-state index contributed by atoms with van der Waals surface area (Å²) in [5, 5.41) is 23.9. The van der Waals surface area contributed by atoms with Crippen molar-refractivity contribution in [3.8, 4) is 28.6 Å². The lowest BCUT2D eigenvalue weighted by Crippen LogP contribution is -2.33. The van der Waals surface area contributed by atoms with Crippen LogP contribution in [-0.2, 0) is 17.8 Å². The second kappa shape index (κ2) is 12.3. The number of amides is 1.